The summed E-state index contributed by atoms with van der Waals surface area (Å²) in [4.78, 5) is 0. The van der Waals surface area contributed by atoms with Crippen molar-refractivity contribution >= 4 is 22.7 Å². The fraction of sp³-hybridized carbons (Fsp3) is 0.529. The van der Waals surface area contributed by atoms with E-state index in [0.29, 0.717) is 5.92 Å². The molecule has 0 spiro atoms. The van der Waals surface area contributed by atoms with Gasteiger partial charge in [0, 0.05) is 29.6 Å². The van der Waals surface area contributed by atoms with Gasteiger partial charge in [0.05, 0.1) is 0 Å². The van der Waals surface area contributed by atoms with Crippen LogP contribution in [0.15, 0.2) is 30.5 Å². The summed E-state index contributed by atoms with van der Waals surface area (Å²) in [7, 11) is 0. The Labute approximate surface area is 125 Å². The van der Waals surface area contributed by atoms with Gasteiger partial charge in [0.2, 0.25) is 0 Å². The maximum Gasteiger partial charge on any atom is 0.0483 e. The van der Waals surface area contributed by atoms with Gasteiger partial charge >= 0.3 is 0 Å². The third-order valence-electron chi connectivity index (χ3n) is 4.65. The predicted octanol–water partition coefficient (Wildman–Crippen LogP) is 3.85. The van der Waals surface area contributed by atoms with Gasteiger partial charge in [0.15, 0.2) is 0 Å². The molecule has 1 aliphatic heterocycles. The zero-order valence-electron chi connectivity index (χ0n) is 12.2. The first-order chi connectivity index (χ1) is 9.85. The van der Waals surface area contributed by atoms with Gasteiger partial charge in [-0.15, -0.1) is 0 Å². The Bertz CT molecular complexity index is 569. The number of fused-ring (bicyclic) bond motifs is 1. The summed E-state index contributed by atoms with van der Waals surface area (Å²) < 4.78 is 2.37. The lowest BCUT2D eigenvalue weighted by Gasteiger charge is -2.29. The minimum absolute atomic E-state index is 0.522. The Hall–Kier alpha value is -0.930. The van der Waals surface area contributed by atoms with Crippen LogP contribution in [0.4, 0.5) is 0 Å². The van der Waals surface area contributed by atoms with E-state index < -0.39 is 0 Å². The molecule has 0 bridgehead atoms. The van der Waals surface area contributed by atoms with Crippen LogP contribution in [0.1, 0.15) is 31.2 Å². The van der Waals surface area contributed by atoms with E-state index in [1.165, 1.54) is 40.8 Å². The smallest absolute Gasteiger partial charge is 0.0483 e. The van der Waals surface area contributed by atoms with E-state index in [9.17, 15) is 0 Å². The van der Waals surface area contributed by atoms with E-state index >= 15 is 0 Å². The van der Waals surface area contributed by atoms with Crippen LogP contribution in [-0.4, -0.2) is 22.6 Å². The van der Waals surface area contributed by atoms with E-state index in [2.05, 4.69) is 53.7 Å². The van der Waals surface area contributed by atoms with E-state index in [0.717, 1.165) is 19.0 Å². The maximum absolute atomic E-state index is 6.16. The zero-order valence-corrected chi connectivity index (χ0v) is 13.0. The number of aromatic nitrogens is 1. The molecule has 20 heavy (non-hydrogen) atoms. The van der Waals surface area contributed by atoms with Crippen LogP contribution in [0.3, 0.4) is 0 Å². The standard InChI is InChI=1S/C17H24N2S/c1-2-19-12-16(14-5-3-4-6-17(14)19)15(11-18)13-7-9-20-10-8-13/h3-6,12-13,15H,2,7-11,18H2,1H3. The topological polar surface area (TPSA) is 30.9 Å². The van der Waals surface area contributed by atoms with Gasteiger partial charge in [-0.25, -0.2) is 0 Å². The summed E-state index contributed by atoms with van der Waals surface area (Å²) >= 11 is 2.09. The summed E-state index contributed by atoms with van der Waals surface area (Å²) in [6.45, 7) is 4.01. The maximum atomic E-state index is 6.16. The van der Waals surface area contributed by atoms with E-state index in [1.54, 1.807) is 0 Å². The first kappa shape index (κ1) is 14.0. The van der Waals surface area contributed by atoms with Crippen LogP contribution >= 0.6 is 11.8 Å². The molecule has 1 unspecified atom stereocenters. The van der Waals surface area contributed by atoms with E-state index in [1.807, 2.05) is 0 Å². The highest BCUT2D eigenvalue weighted by Crippen LogP contribution is 2.38. The van der Waals surface area contributed by atoms with Gasteiger partial charge in [-0.05, 0) is 55.4 Å². The van der Waals surface area contributed by atoms with Crippen molar-refractivity contribution in [3.05, 3.63) is 36.0 Å². The molecular formula is C17H24N2S. The first-order valence-electron chi connectivity index (χ1n) is 7.70. The van der Waals surface area contributed by atoms with Gasteiger partial charge in [-0.1, -0.05) is 18.2 Å². The van der Waals surface area contributed by atoms with Gasteiger partial charge in [0.1, 0.15) is 0 Å². The van der Waals surface area contributed by atoms with Crippen LogP contribution in [0, 0.1) is 5.92 Å². The third kappa shape index (κ3) is 2.49. The molecule has 1 aliphatic rings. The number of hydrogen-bond acceptors (Lipinski definition) is 2. The van der Waals surface area contributed by atoms with Crippen molar-refractivity contribution in [3.8, 4) is 0 Å². The molecule has 1 aromatic carbocycles. The Balaban J connectivity index is 2.02. The minimum atomic E-state index is 0.522. The van der Waals surface area contributed by atoms with Crippen LogP contribution in [0.25, 0.3) is 10.9 Å². The molecule has 1 fully saturated rings. The highest BCUT2D eigenvalue weighted by Gasteiger charge is 2.26. The number of nitrogens with zero attached hydrogens (tertiary/aromatic N) is 1. The summed E-state index contributed by atoms with van der Waals surface area (Å²) in [5.74, 6) is 3.88. The van der Waals surface area contributed by atoms with Crippen molar-refractivity contribution < 1.29 is 0 Å². The highest BCUT2D eigenvalue weighted by molar-refractivity contribution is 7.99. The molecule has 2 N–H and O–H groups in total. The molecule has 2 nitrogen and oxygen atoms in total. The number of para-hydroxylation sites is 1. The lowest BCUT2D eigenvalue weighted by molar-refractivity contribution is 0.402. The quantitative estimate of drug-likeness (QED) is 0.926. The second kappa shape index (κ2) is 6.23. The van der Waals surface area contributed by atoms with Gasteiger partial charge < -0.3 is 10.3 Å². The van der Waals surface area contributed by atoms with E-state index in [4.69, 9.17) is 5.73 Å². The summed E-state index contributed by atoms with van der Waals surface area (Å²) in [6.07, 6.45) is 4.99. The molecule has 1 saturated heterocycles. The zero-order chi connectivity index (χ0) is 13.9. The summed E-state index contributed by atoms with van der Waals surface area (Å²) in [5, 5.41) is 1.41. The number of hydrogen-bond donors (Lipinski definition) is 1. The molecule has 2 heterocycles. The predicted molar refractivity (Wildman–Crippen MR) is 89.5 cm³/mol. The molecule has 3 heteroatoms. The molecule has 0 amide bonds. The first-order valence-corrected chi connectivity index (χ1v) is 8.86. The number of benzene rings is 1. The van der Waals surface area contributed by atoms with Gasteiger partial charge in [-0.2, -0.15) is 11.8 Å². The lowest BCUT2D eigenvalue weighted by atomic mass is 9.82. The second-order valence-corrected chi connectivity index (χ2v) is 6.90. The Morgan fingerprint density at radius 1 is 1.30 bits per heavy atom. The molecule has 3 rings (SSSR count). The highest BCUT2D eigenvalue weighted by atomic mass is 32.2. The van der Waals surface area contributed by atoms with Crippen molar-refractivity contribution in [2.75, 3.05) is 18.1 Å². The fourth-order valence-corrected chi connectivity index (χ4v) is 4.67. The van der Waals surface area contributed by atoms with Crippen molar-refractivity contribution in [2.24, 2.45) is 11.7 Å². The third-order valence-corrected chi connectivity index (χ3v) is 5.70. The fourth-order valence-electron chi connectivity index (χ4n) is 3.52. The SMILES string of the molecule is CCn1cc(C(CN)C2CCSCC2)c2ccccc21. The molecule has 1 aromatic heterocycles. The van der Waals surface area contributed by atoms with Crippen LogP contribution < -0.4 is 5.73 Å². The van der Waals surface area contributed by atoms with Gasteiger partial charge in [-0.3, -0.25) is 0 Å². The number of thioether (sulfide) groups is 1. The molecule has 0 radical (unpaired) electrons. The minimum Gasteiger partial charge on any atom is -0.347 e. The molecule has 108 valence electrons. The molecule has 0 aliphatic carbocycles. The van der Waals surface area contributed by atoms with Gasteiger partial charge in [0.25, 0.3) is 0 Å². The number of nitrogens with two attached hydrogens (primary N) is 1. The van der Waals surface area contributed by atoms with Crippen LogP contribution in [-0.2, 0) is 6.54 Å². The van der Waals surface area contributed by atoms with Crippen LogP contribution in [0.5, 0.6) is 0 Å². The molecule has 0 saturated carbocycles. The summed E-state index contributed by atoms with van der Waals surface area (Å²) in [6, 6.07) is 8.77. The molecular weight excluding hydrogens is 264 g/mol. The Morgan fingerprint density at radius 3 is 2.75 bits per heavy atom. The Kier molecular flexibility index (Phi) is 4.37. The van der Waals surface area contributed by atoms with Crippen molar-refractivity contribution in [3.63, 3.8) is 0 Å². The molecule has 1 atom stereocenters. The van der Waals surface area contributed by atoms with Crippen molar-refractivity contribution in [1.29, 1.82) is 0 Å². The monoisotopic (exact) mass is 288 g/mol. The normalized spacial score (nSPS) is 18.5. The average molecular weight is 288 g/mol. The largest absolute Gasteiger partial charge is 0.347 e. The molecule has 2 aromatic rings. The average Bonchev–Trinajstić information content (AvgIpc) is 2.88. The summed E-state index contributed by atoms with van der Waals surface area (Å²) in [5.41, 5.74) is 8.99. The van der Waals surface area contributed by atoms with Crippen molar-refractivity contribution in [2.45, 2.75) is 32.2 Å². The Morgan fingerprint density at radius 2 is 2.05 bits per heavy atom. The van der Waals surface area contributed by atoms with Crippen molar-refractivity contribution in [1.82, 2.24) is 4.57 Å². The van der Waals surface area contributed by atoms with Crippen LogP contribution in [0.2, 0.25) is 0 Å². The second-order valence-electron chi connectivity index (χ2n) is 5.68. The number of aryl methyl sites for hydroxylation is 1. The number of rotatable bonds is 4. The van der Waals surface area contributed by atoms with E-state index in [-0.39, 0.29) is 0 Å². The lowest BCUT2D eigenvalue weighted by Crippen LogP contribution is -2.24.